The Hall–Kier alpha value is -3.28. The highest BCUT2D eigenvalue weighted by molar-refractivity contribution is 5.91. The van der Waals surface area contributed by atoms with Gasteiger partial charge in [0.1, 0.15) is 11.6 Å². The average molecular weight is 378 g/mol. The first kappa shape index (κ1) is 19.5. The molecule has 0 fully saturated rings. The molecule has 1 aromatic heterocycles. The van der Waals surface area contributed by atoms with Gasteiger partial charge in [-0.1, -0.05) is 37.3 Å². The summed E-state index contributed by atoms with van der Waals surface area (Å²) in [5.41, 5.74) is 1.98. The molecule has 146 valence electrons. The van der Waals surface area contributed by atoms with Crippen molar-refractivity contribution >= 4 is 11.7 Å². The Bertz CT molecular complexity index is 875. The first-order chi connectivity index (χ1) is 13.7. The van der Waals surface area contributed by atoms with Gasteiger partial charge in [0, 0.05) is 31.2 Å². The smallest absolute Gasteiger partial charge is 0.322 e. The fourth-order valence-corrected chi connectivity index (χ4v) is 2.92. The average Bonchev–Trinajstić information content (AvgIpc) is 3.18. The zero-order valence-electron chi connectivity index (χ0n) is 16.3. The van der Waals surface area contributed by atoms with Crippen molar-refractivity contribution in [2.45, 2.75) is 26.4 Å². The summed E-state index contributed by atoms with van der Waals surface area (Å²) in [6.07, 6.45) is 4.60. The summed E-state index contributed by atoms with van der Waals surface area (Å²) in [7, 11) is 1.66. The van der Waals surface area contributed by atoms with Gasteiger partial charge in [-0.2, -0.15) is 0 Å². The molecule has 2 aromatic carbocycles. The molecule has 0 aliphatic rings. The van der Waals surface area contributed by atoms with Gasteiger partial charge in [0.2, 0.25) is 0 Å². The molecule has 1 heterocycles. The number of nitrogens with one attached hydrogen (secondary N) is 1. The SMILES string of the molecule is CCCNC(=O)N(Cc1nccn1Cc1ccc(OC)cc1)c1ccccc1. The van der Waals surface area contributed by atoms with E-state index < -0.39 is 0 Å². The van der Waals surface area contributed by atoms with Crippen LogP contribution in [0.25, 0.3) is 0 Å². The van der Waals surface area contributed by atoms with Crippen molar-refractivity contribution in [3.05, 3.63) is 78.4 Å². The maximum Gasteiger partial charge on any atom is 0.322 e. The molecule has 3 rings (SSSR count). The van der Waals surface area contributed by atoms with E-state index in [1.54, 1.807) is 18.2 Å². The molecule has 3 aromatic rings. The van der Waals surface area contributed by atoms with Crippen LogP contribution in [0.5, 0.6) is 5.75 Å². The van der Waals surface area contributed by atoms with E-state index in [2.05, 4.69) is 14.9 Å². The Morgan fingerprint density at radius 1 is 1.14 bits per heavy atom. The minimum atomic E-state index is -0.118. The van der Waals surface area contributed by atoms with Crippen LogP contribution in [0.1, 0.15) is 24.7 Å². The lowest BCUT2D eigenvalue weighted by atomic mass is 10.2. The van der Waals surface area contributed by atoms with Crippen LogP contribution >= 0.6 is 0 Å². The highest BCUT2D eigenvalue weighted by Crippen LogP contribution is 2.18. The number of carbonyl (C=O) groups excluding carboxylic acids is 1. The highest BCUT2D eigenvalue weighted by Gasteiger charge is 2.18. The molecule has 0 aliphatic carbocycles. The Kier molecular flexibility index (Phi) is 6.68. The number of imidazole rings is 1. The minimum absolute atomic E-state index is 0.118. The van der Waals surface area contributed by atoms with E-state index in [0.717, 1.165) is 29.2 Å². The minimum Gasteiger partial charge on any atom is -0.497 e. The van der Waals surface area contributed by atoms with E-state index in [4.69, 9.17) is 4.74 Å². The predicted molar refractivity (Wildman–Crippen MR) is 111 cm³/mol. The zero-order chi connectivity index (χ0) is 19.8. The Morgan fingerprint density at radius 3 is 2.57 bits per heavy atom. The van der Waals surface area contributed by atoms with Crippen LogP contribution in [-0.4, -0.2) is 29.2 Å². The number of anilines is 1. The van der Waals surface area contributed by atoms with E-state index in [0.29, 0.717) is 19.6 Å². The molecular weight excluding hydrogens is 352 g/mol. The van der Waals surface area contributed by atoms with E-state index in [9.17, 15) is 4.79 Å². The van der Waals surface area contributed by atoms with Crippen LogP contribution in [0.2, 0.25) is 0 Å². The summed E-state index contributed by atoms with van der Waals surface area (Å²) in [5.74, 6) is 1.66. The number of rotatable bonds is 8. The molecule has 0 aliphatic heterocycles. The van der Waals surface area contributed by atoms with Crippen LogP contribution < -0.4 is 15.0 Å². The molecule has 0 spiro atoms. The third-order valence-corrected chi connectivity index (χ3v) is 4.45. The number of ether oxygens (including phenoxy) is 1. The Balaban J connectivity index is 1.79. The summed E-state index contributed by atoms with van der Waals surface area (Å²) in [6.45, 7) is 3.75. The fourth-order valence-electron chi connectivity index (χ4n) is 2.92. The Labute approximate surface area is 165 Å². The normalized spacial score (nSPS) is 10.5. The molecule has 0 atom stereocenters. The van der Waals surface area contributed by atoms with Crippen molar-refractivity contribution in [2.75, 3.05) is 18.6 Å². The number of hydrogen-bond acceptors (Lipinski definition) is 3. The van der Waals surface area contributed by atoms with Crippen molar-refractivity contribution < 1.29 is 9.53 Å². The Morgan fingerprint density at radius 2 is 1.89 bits per heavy atom. The van der Waals surface area contributed by atoms with Crippen molar-refractivity contribution in [3.63, 3.8) is 0 Å². The van der Waals surface area contributed by atoms with E-state index in [1.165, 1.54) is 0 Å². The number of urea groups is 1. The van der Waals surface area contributed by atoms with Crippen molar-refractivity contribution in [3.8, 4) is 5.75 Å². The number of carbonyl (C=O) groups is 1. The number of aromatic nitrogens is 2. The third-order valence-electron chi connectivity index (χ3n) is 4.45. The molecule has 28 heavy (non-hydrogen) atoms. The van der Waals surface area contributed by atoms with Crippen LogP contribution in [0.15, 0.2) is 67.0 Å². The van der Waals surface area contributed by atoms with Crippen LogP contribution in [0.4, 0.5) is 10.5 Å². The van der Waals surface area contributed by atoms with Gasteiger partial charge >= 0.3 is 6.03 Å². The third kappa shape index (κ3) is 4.91. The van der Waals surface area contributed by atoms with Gasteiger partial charge in [-0.15, -0.1) is 0 Å². The molecule has 2 amide bonds. The molecule has 0 saturated carbocycles. The monoisotopic (exact) mass is 378 g/mol. The number of methoxy groups -OCH3 is 1. The van der Waals surface area contributed by atoms with Gasteiger partial charge < -0.3 is 14.6 Å². The number of para-hydroxylation sites is 1. The summed E-state index contributed by atoms with van der Waals surface area (Å²) >= 11 is 0. The topological polar surface area (TPSA) is 59.4 Å². The maximum atomic E-state index is 12.7. The van der Waals surface area contributed by atoms with Gasteiger partial charge in [0.15, 0.2) is 0 Å². The molecule has 0 bridgehead atoms. The fraction of sp³-hybridized carbons (Fsp3) is 0.273. The largest absolute Gasteiger partial charge is 0.497 e. The molecule has 0 saturated heterocycles. The standard InChI is InChI=1S/C22H26N4O2/c1-3-13-24-22(27)26(19-7-5-4-6-8-19)17-21-23-14-15-25(21)16-18-9-11-20(28-2)12-10-18/h4-12,14-15H,3,13,16-17H2,1-2H3,(H,24,27). The second-order valence-electron chi connectivity index (χ2n) is 6.47. The van der Waals surface area contributed by atoms with E-state index in [1.807, 2.05) is 67.7 Å². The number of amides is 2. The molecule has 6 heteroatoms. The number of benzene rings is 2. The zero-order valence-corrected chi connectivity index (χ0v) is 16.3. The second kappa shape index (κ2) is 9.60. The van der Waals surface area contributed by atoms with Crippen molar-refractivity contribution in [2.24, 2.45) is 0 Å². The van der Waals surface area contributed by atoms with Gasteiger partial charge in [0.05, 0.1) is 13.7 Å². The molecule has 6 nitrogen and oxygen atoms in total. The lowest BCUT2D eigenvalue weighted by molar-refractivity contribution is 0.245. The molecule has 1 N–H and O–H groups in total. The van der Waals surface area contributed by atoms with E-state index >= 15 is 0 Å². The summed E-state index contributed by atoms with van der Waals surface area (Å²) in [6, 6.07) is 17.5. The lowest BCUT2D eigenvalue weighted by Gasteiger charge is -2.23. The quantitative estimate of drug-likeness (QED) is 0.643. The number of hydrogen-bond donors (Lipinski definition) is 1. The molecule has 0 unspecified atom stereocenters. The molecular formula is C22H26N4O2. The van der Waals surface area contributed by atoms with Gasteiger partial charge in [-0.3, -0.25) is 4.90 Å². The summed E-state index contributed by atoms with van der Waals surface area (Å²) < 4.78 is 7.28. The van der Waals surface area contributed by atoms with Gasteiger partial charge in [0.25, 0.3) is 0 Å². The van der Waals surface area contributed by atoms with Gasteiger partial charge in [-0.05, 0) is 36.2 Å². The first-order valence-electron chi connectivity index (χ1n) is 9.44. The predicted octanol–water partition coefficient (Wildman–Crippen LogP) is 4.07. The second-order valence-corrected chi connectivity index (χ2v) is 6.47. The highest BCUT2D eigenvalue weighted by atomic mass is 16.5. The first-order valence-corrected chi connectivity index (χ1v) is 9.44. The van der Waals surface area contributed by atoms with Crippen molar-refractivity contribution in [1.29, 1.82) is 0 Å². The maximum absolute atomic E-state index is 12.7. The molecule has 0 radical (unpaired) electrons. The van der Waals surface area contributed by atoms with Gasteiger partial charge in [-0.25, -0.2) is 9.78 Å². The lowest BCUT2D eigenvalue weighted by Crippen LogP contribution is -2.40. The van der Waals surface area contributed by atoms with Crippen LogP contribution in [-0.2, 0) is 13.1 Å². The number of nitrogens with zero attached hydrogens (tertiary/aromatic N) is 3. The summed E-state index contributed by atoms with van der Waals surface area (Å²) in [4.78, 5) is 18.9. The summed E-state index contributed by atoms with van der Waals surface area (Å²) in [5, 5.41) is 2.96. The van der Waals surface area contributed by atoms with Crippen LogP contribution in [0.3, 0.4) is 0 Å². The van der Waals surface area contributed by atoms with E-state index in [-0.39, 0.29) is 6.03 Å². The van der Waals surface area contributed by atoms with Crippen molar-refractivity contribution in [1.82, 2.24) is 14.9 Å². The van der Waals surface area contributed by atoms with Crippen LogP contribution in [0, 0.1) is 0 Å².